The molecule has 0 aromatic heterocycles. The van der Waals surface area contributed by atoms with Crippen LogP contribution in [0.15, 0.2) is 0 Å². The first-order valence-corrected chi connectivity index (χ1v) is 4.46. The van der Waals surface area contributed by atoms with Gasteiger partial charge in [0.05, 0.1) is 12.2 Å². The summed E-state index contributed by atoms with van der Waals surface area (Å²) in [6.07, 6.45) is 3.51. The van der Waals surface area contributed by atoms with Crippen molar-refractivity contribution >= 4 is 0 Å². The lowest BCUT2D eigenvalue weighted by atomic mass is 9.76. The van der Waals surface area contributed by atoms with Crippen LogP contribution in [0.4, 0.5) is 0 Å². The molecule has 0 radical (unpaired) electrons. The van der Waals surface area contributed by atoms with E-state index in [0.717, 1.165) is 25.7 Å². The van der Waals surface area contributed by atoms with Crippen LogP contribution in [0, 0.1) is 5.41 Å². The van der Waals surface area contributed by atoms with Crippen LogP contribution in [0.2, 0.25) is 0 Å². The summed E-state index contributed by atoms with van der Waals surface area (Å²) in [5.74, 6) is 0. The van der Waals surface area contributed by atoms with Gasteiger partial charge >= 0.3 is 0 Å². The molecule has 2 heteroatoms. The smallest absolute Gasteiger partial charge is 0.0592 e. The van der Waals surface area contributed by atoms with Crippen molar-refractivity contribution < 1.29 is 10.2 Å². The maximum Gasteiger partial charge on any atom is 0.0592 e. The Morgan fingerprint density at radius 2 is 1.36 bits per heavy atom. The van der Waals surface area contributed by atoms with Gasteiger partial charge in [-0.2, -0.15) is 0 Å². The molecule has 1 aliphatic rings. The number of rotatable bonds is 2. The monoisotopic (exact) mass is 158 g/mol. The average Bonchev–Trinajstić information content (AvgIpc) is 2.34. The van der Waals surface area contributed by atoms with E-state index in [1.807, 2.05) is 0 Å². The molecule has 0 spiro atoms. The second-order valence-corrected chi connectivity index (χ2v) is 3.79. The Kier molecular flexibility index (Phi) is 2.55. The Hall–Kier alpha value is -0.0800. The molecule has 2 unspecified atom stereocenters. The average molecular weight is 158 g/mol. The Morgan fingerprint density at radius 1 is 1.00 bits per heavy atom. The van der Waals surface area contributed by atoms with E-state index in [0.29, 0.717) is 0 Å². The van der Waals surface area contributed by atoms with E-state index in [2.05, 4.69) is 0 Å². The highest BCUT2D eigenvalue weighted by Gasteiger charge is 2.42. The summed E-state index contributed by atoms with van der Waals surface area (Å²) in [7, 11) is 0. The molecule has 0 heterocycles. The first kappa shape index (κ1) is 9.01. The quantitative estimate of drug-likeness (QED) is 0.636. The van der Waals surface area contributed by atoms with E-state index in [1.54, 1.807) is 13.8 Å². The van der Waals surface area contributed by atoms with Gasteiger partial charge in [0.15, 0.2) is 0 Å². The van der Waals surface area contributed by atoms with Crippen molar-refractivity contribution in [3.63, 3.8) is 0 Å². The van der Waals surface area contributed by atoms with Gasteiger partial charge in [0.25, 0.3) is 0 Å². The molecule has 1 aliphatic carbocycles. The van der Waals surface area contributed by atoms with Gasteiger partial charge < -0.3 is 10.2 Å². The van der Waals surface area contributed by atoms with Crippen LogP contribution in [0.5, 0.6) is 0 Å². The molecule has 0 aromatic rings. The van der Waals surface area contributed by atoms with Crippen molar-refractivity contribution in [2.24, 2.45) is 5.41 Å². The fraction of sp³-hybridized carbons (Fsp3) is 1.00. The Labute approximate surface area is 68.2 Å². The van der Waals surface area contributed by atoms with Crippen molar-refractivity contribution in [3.05, 3.63) is 0 Å². The molecule has 0 aliphatic heterocycles. The van der Waals surface area contributed by atoms with Crippen molar-refractivity contribution in [1.82, 2.24) is 0 Å². The lowest BCUT2D eigenvalue weighted by Crippen LogP contribution is -2.40. The largest absolute Gasteiger partial charge is 0.393 e. The zero-order valence-corrected chi connectivity index (χ0v) is 7.38. The highest BCUT2D eigenvalue weighted by molar-refractivity contribution is 4.92. The van der Waals surface area contributed by atoms with Gasteiger partial charge in [-0.3, -0.25) is 0 Å². The summed E-state index contributed by atoms with van der Waals surface area (Å²) in [5, 5.41) is 19.0. The molecule has 1 fully saturated rings. The number of hydrogen-bond acceptors (Lipinski definition) is 2. The molecule has 2 nitrogen and oxygen atoms in total. The summed E-state index contributed by atoms with van der Waals surface area (Å²) >= 11 is 0. The molecule has 1 saturated carbocycles. The Bertz CT molecular complexity index is 114. The standard InChI is InChI=1S/C9H18O2/c1-7(10)9(8(2)11)5-3-4-6-9/h7-8,10-11H,3-6H2,1-2H3. The van der Waals surface area contributed by atoms with Crippen molar-refractivity contribution in [2.45, 2.75) is 51.7 Å². The van der Waals surface area contributed by atoms with Gasteiger partial charge in [-0.25, -0.2) is 0 Å². The van der Waals surface area contributed by atoms with Crippen LogP contribution >= 0.6 is 0 Å². The Balaban J connectivity index is 2.70. The molecule has 2 atom stereocenters. The highest BCUT2D eigenvalue weighted by atomic mass is 16.3. The predicted octanol–water partition coefficient (Wildman–Crippen LogP) is 1.31. The van der Waals surface area contributed by atoms with Gasteiger partial charge in [0.1, 0.15) is 0 Å². The lowest BCUT2D eigenvalue weighted by molar-refractivity contribution is -0.0496. The topological polar surface area (TPSA) is 40.5 Å². The van der Waals surface area contributed by atoms with E-state index in [-0.39, 0.29) is 17.6 Å². The van der Waals surface area contributed by atoms with Gasteiger partial charge in [0, 0.05) is 5.41 Å². The third kappa shape index (κ3) is 1.42. The molecule has 0 amide bonds. The van der Waals surface area contributed by atoms with Gasteiger partial charge in [-0.1, -0.05) is 12.8 Å². The molecule has 0 saturated heterocycles. The lowest BCUT2D eigenvalue weighted by Gasteiger charge is -2.35. The summed E-state index contributed by atoms with van der Waals surface area (Å²) < 4.78 is 0. The second kappa shape index (κ2) is 3.11. The van der Waals surface area contributed by atoms with Gasteiger partial charge in [0.2, 0.25) is 0 Å². The van der Waals surface area contributed by atoms with E-state index in [1.165, 1.54) is 0 Å². The third-order valence-corrected chi connectivity index (χ3v) is 3.20. The Morgan fingerprint density at radius 3 is 1.55 bits per heavy atom. The maximum absolute atomic E-state index is 9.51. The summed E-state index contributed by atoms with van der Waals surface area (Å²) in [6, 6.07) is 0. The minimum atomic E-state index is -0.370. The third-order valence-electron chi connectivity index (χ3n) is 3.20. The predicted molar refractivity (Wildman–Crippen MR) is 44.3 cm³/mol. The fourth-order valence-electron chi connectivity index (χ4n) is 2.22. The number of aliphatic hydroxyl groups excluding tert-OH is 2. The number of hydrogen-bond donors (Lipinski definition) is 2. The molecule has 0 bridgehead atoms. The van der Waals surface area contributed by atoms with Crippen LogP contribution in [0.25, 0.3) is 0 Å². The van der Waals surface area contributed by atoms with Gasteiger partial charge in [-0.15, -0.1) is 0 Å². The van der Waals surface area contributed by atoms with Crippen LogP contribution in [-0.2, 0) is 0 Å². The molecular weight excluding hydrogens is 140 g/mol. The molecule has 0 aromatic carbocycles. The highest BCUT2D eigenvalue weighted by Crippen LogP contribution is 2.43. The van der Waals surface area contributed by atoms with Crippen LogP contribution < -0.4 is 0 Å². The zero-order chi connectivity index (χ0) is 8.48. The SMILES string of the molecule is CC(O)C1(C(C)O)CCCC1. The van der Waals surface area contributed by atoms with Crippen molar-refractivity contribution in [1.29, 1.82) is 0 Å². The minimum absolute atomic E-state index is 0.194. The molecule has 2 N–H and O–H groups in total. The van der Waals surface area contributed by atoms with E-state index < -0.39 is 0 Å². The normalized spacial score (nSPS) is 28.4. The zero-order valence-electron chi connectivity index (χ0n) is 7.38. The molecule has 11 heavy (non-hydrogen) atoms. The molecule has 66 valence electrons. The van der Waals surface area contributed by atoms with E-state index >= 15 is 0 Å². The first-order valence-electron chi connectivity index (χ1n) is 4.46. The van der Waals surface area contributed by atoms with Crippen LogP contribution in [0.3, 0.4) is 0 Å². The van der Waals surface area contributed by atoms with Crippen molar-refractivity contribution in [2.75, 3.05) is 0 Å². The molecule has 1 rings (SSSR count). The summed E-state index contributed by atoms with van der Waals surface area (Å²) in [4.78, 5) is 0. The van der Waals surface area contributed by atoms with Crippen LogP contribution in [0.1, 0.15) is 39.5 Å². The number of aliphatic hydroxyl groups is 2. The molecular formula is C9H18O2. The maximum atomic E-state index is 9.51. The minimum Gasteiger partial charge on any atom is -0.393 e. The summed E-state index contributed by atoms with van der Waals surface area (Å²) in [5.41, 5.74) is -0.194. The van der Waals surface area contributed by atoms with Crippen LogP contribution in [-0.4, -0.2) is 22.4 Å². The fourth-order valence-corrected chi connectivity index (χ4v) is 2.22. The van der Waals surface area contributed by atoms with E-state index in [9.17, 15) is 10.2 Å². The van der Waals surface area contributed by atoms with Crippen molar-refractivity contribution in [3.8, 4) is 0 Å². The van der Waals surface area contributed by atoms with Gasteiger partial charge in [-0.05, 0) is 26.7 Å². The second-order valence-electron chi connectivity index (χ2n) is 3.79. The first-order chi connectivity index (χ1) is 5.09. The summed E-state index contributed by atoms with van der Waals surface area (Å²) in [6.45, 7) is 3.58. The van der Waals surface area contributed by atoms with E-state index in [4.69, 9.17) is 0 Å².